The van der Waals surface area contributed by atoms with Crippen LogP contribution in [0.15, 0.2) is 48.1 Å². The lowest BCUT2D eigenvalue weighted by molar-refractivity contribution is -0.117. The van der Waals surface area contributed by atoms with Gasteiger partial charge in [0.15, 0.2) is 9.84 Å². The topological polar surface area (TPSA) is 87.0 Å². The Labute approximate surface area is 129 Å². The van der Waals surface area contributed by atoms with Crippen molar-refractivity contribution in [1.82, 2.24) is 5.32 Å². The Balaban J connectivity index is 1.99. The maximum atomic E-state index is 12.0. The van der Waals surface area contributed by atoms with Crippen LogP contribution in [-0.2, 0) is 14.6 Å². The lowest BCUT2D eigenvalue weighted by Gasteiger charge is -2.09. The second-order valence-electron chi connectivity index (χ2n) is 5.04. The van der Waals surface area contributed by atoms with E-state index in [1.807, 2.05) is 36.4 Å². The van der Waals surface area contributed by atoms with Crippen LogP contribution in [0.3, 0.4) is 0 Å². The summed E-state index contributed by atoms with van der Waals surface area (Å²) in [5.74, 6) is -0.517. The Morgan fingerprint density at radius 3 is 2.64 bits per heavy atom. The van der Waals surface area contributed by atoms with Gasteiger partial charge in [-0.25, -0.2) is 8.42 Å². The number of hydrogen-bond donors (Lipinski definition) is 1. The summed E-state index contributed by atoms with van der Waals surface area (Å²) in [5, 5.41) is 11.6. The molecule has 5 nitrogen and oxygen atoms in total. The normalized spacial score (nSPS) is 20.7. The monoisotopic (exact) mass is 316 g/mol. The number of hydrogen-bond acceptors (Lipinski definition) is 4. The third kappa shape index (κ3) is 4.57. The number of nitriles is 1. The van der Waals surface area contributed by atoms with Gasteiger partial charge in [0.1, 0.15) is 11.6 Å². The molecule has 0 aromatic heterocycles. The first kappa shape index (κ1) is 16.0. The summed E-state index contributed by atoms with van der Waals surface area (Å²) in [7, 11) is -3.06. The lowest BCUT2D eigenvalue weighted by atomic mass is 10.1. The number of amides is 1. The standard InChI is InChI=1S/C16H16N2O3S/c17-11-14(8-4-7-13-5-2-1-3-6-13)16(19)18-15-9-10-22(20,21)12-15/h1-8,15H,9-10,12H2,(H,18,19)/b7-4+,14-8+. The molecule has 0 aliphatic carbocycles. The van der Waals surface area contributed by atoms with E-state index in [-0.39, 0.29) is 17.1 Å². The molecule has 0 saturated carbocycles. The minimum Gasteiger partial charge on any atom is -0.348 e. The van der Waals surface area contributed by atoms with E-state index >= 15 is 0 Å². The highest BCUT2D eigenvalue weighted by atomic mass is 32.2. The summed E-state index contributed by atoms with van der Waals surface area (Å²) in [6, 6.07) is 10.9. The van der Waals surface area contributed by atoms with Crippen molar-refractivity contribution >= 4 is 21.8 Å². The Kier molecular flexibility index (Phi) is 5.12. The van der Waals surface area contributed by atoms with Crippen LogP contribution in [0.4, 0.5) is 0 Å². The van der Waals surface area contributed by atoms with Crippen molar-refractivity contribution in [1.29, 1.82) is 5.26 Å². The summed E-state index contributed by atoms with van der Waals surface area (Å²) >= 11 is 0. The Hall–Kier alpha value is -2.39. The zero-order valence-corrected chi connectivity index (χ0v) is 12.7. The first-order valence-corrected chi connectivity index (χ1v) is 8.67. The van der Waals surface area contributed by atoms with Gasteiger partial charge in [-0.15, -0.1) is 0 Å². The maximum absolute atomic E-state index is 12.0. The van der Waals surface area contributed by atoms with Crippen LogP contribution in [0.1, 0.15) is 12.0 Å². The van der Waals surface area contributed by atoms with Crippen molar-refractivity contribution < 1.29 is 13.2 Å². The molecule has 1 fully saturated rings. The molecule has 0 spiro atoms. The van der Waals surface area contributed by atoms with Crippen molar-refractivity contribution in [3.8, 4) is 6.07 Å². The van der Waals surface area contributed by atoms with Gasteiger partial charge in [-0.05, 0) is 18.1 Å². The highest BCUT2D eigenvalue weighted by Crippen LogP contribution is 2.12. The van der Waals surface area contributed by atoms with Crippen LogP contribution in [0, 0.1) is 11.3 Å². The van der Waals surface area contributed by atoms with Gasteiger partial charge in [-0.3, -0.25) is 4.79 Å². The molecule has 0 radical (unpaired) electrons. The van der Waals surface area contributed by atoms with E-state index in [0.717, 1.165) is 5.56 Å². The largest absolute Gasteiger partial charge is 0.348 e. The summed E-state index contributed by atoms with van der Waals surface area (Å²) in [6.45, 7) is 0. The summed E-state index contributed by atoms with van der Waals surface area (Å²) in [5.41, 5.74) is 0.912. The number of nitrogens with zero attached hydrogens (tertiary/aromatic N) is 1. The number of carbonyl (C=O) groups is 1. The molecule has 1 saturated heterocycles. The van der Waals surface area contributed by atoms with Crippen molar-refractivity contribution in [2.75, 3.05) is 11.5 Å². The van der Waals surface area contributed by atoms with Gasteiger partial charge in [0.05, 0.1) is 11.5 Å². The van der Waals surface area contributed by atoms with E-state index in [9.17, 15) is 13.2 Å². The van der Waals surface area contributed by atoms with Gasteiger partial charge in [-0.1, -0.05) is 42.5 Å². The molecule has 1 N–H and O–H groups in total. The Bertz CT molecular complexity index is 743. The van der Waals surface area contributed by atoms with Crippen molar-refractivity contribution in [2.45, 2.75) is 12.5 Å². The number of allylic oxidation sites excluding steroid dienone is 2. The molecular formula is C16H16N2O3S. The fraction of sp³-hybridized carbons (Fsp3) is 0.250. The quantitative estimate of drug-likeness (QED) is 0.517. The highest BCUT2D eigenvalue weighted by molar-refractivity contribution is 7.91. The maximum Gasteiger partial charge on any atom is 0.262 e. The molecule has 22 heavy (non-hydrogen) atoms. The average molecular weight is 316 g/mol. The Morgan fingerprint density at radius 2 is 2.05 bits per heavy atom. The molecule has 1 aliphatic heterocycles. The van der Waals surface area contributed by atoms with Crippen LogP contribution in [0.25, 0.3) is 6.08 Å². The van der Waals surface area contributed by atoms with Gasteiger partial charge in [-0.2, -0.15) is 5.26 Å². The van der Waals surface area contributed by atoms with Crippen LogP contribution in [-0.4, -0.2) is 31.9 Å². The molecule has 0 bridgehead atoms. The molecule has 1 aromatic carbocycles. The van der Waals surface area contributed by atoms with Crippen LogP contribution < -0.4 is 5.32 Å². The van der Waals surface area contributed by atoms with Gasteiger partial charge in [0.25, 0.3) is 5.91 Å². The minimum atomic E-state index is -3.06. The first-order valence-electron chi connectivity index (χ1n) is 6.85. The minimum absolute atomic E-state index is 0.0449. The second kappa shape index (κ2) is 7.05. The van der Waals surface area contributed by atoms with Crippen molar-refractivity contribution in [3.63, 3.8) is 0 Å². The fourth-order valence-electron chi connectivity index (χ4n) is 2.16. The molecule has 1 aromatic rings. The fourth-order valence-corrected chi connectivity index (χ4v) is 3.83. The van der Waals surface area contributed by atoms with Gasteiger partial charge in [0.2, 0.25) is 0 Å². The van der Waals surface area contributed by atoms with E-state index in [0.29, 0.717) is 6.42 Å². The molecule has 6 heteroatoms. The molecule has 1 amide bonds. The summed E-state index contributed by atoms with van der Waals surface area (Å²) < 4.78 is 22.7. The predicted octanol–water partition coefficient (Wildman–Crippen LogP) is 1.45. The van der Waals surface area contributed by atoms with Crippen molar-refractivity contribution in [3.05, 3.63) is 53.6 Å². The molecular weight excluding hydrogens is 300 g/mol. The highest BCUT2D eigenvalue weighted by Gasteiger charge is 2.29. The number of rotatable bonds is 4. The van der Waals surface area contributed by atoms with E-state index in [1.165, 1.54) is 6.08 Å². The SMILES string of the molecule is N#C/C(=C\C=C\c1ccccc1)C(=O)NC1CCS(=O)(=O)C1. The summed E-state index contributed by atoms with van der Waals surface area (Å²) in [4.78, 5) is 12.0. The zero-order chi connectivity index (χ0) is 16.0. The van der Waals surface area contributed by atoms with Crippen LogP contribution in [0.2, 0.25) is 0 Å². The van der Waals surface area contributed by atoms with Crippen molar-refractivity contribution in [2.24, 2.45) is 0 Å². The molecule has 2 rings (SSSR count). The van der Waals surface area contributed by atoms with Crippen LogP contribution >= 0.6 is 0 Å². The van der Waals surface area contributed by atoms with Crippen LogP contribution in [0.5, 0.6) is 0 Å². The number of carbonyl (C=O) groups excluding carboxylic acids is 1. The number of nitrogens with one attached hydrogen (secondary N) is 1. The number of sulfone groups is 1. The predicted molar refractivity (Wildman–Crippen MR) is 84.4 cm³/mol. The Morgan fingerprint density at radius 1 is 1.32 bits per heavy atom. The molecule has 1 unspecified atom stereocenters. The smallest absolute Gasteiger partial charge is 0.262 e. The second-order valence-corrected chi connectivity index (χ2v) is 7.26. The van der Waals surface area contributed by atoms with Gasteiger partial charge < -0.3 is 5.32 Å². The third-order valence-electron chi connectivity index (χ3n) is 3.28. The molecule has 1 atom stereocenters. The van der Waals surface area contributed by atoms with Gasteiger partial charge >= 0.3 is 0 Å². The van der Waals surface area contributed by atoms with E-state index in [4.69, 9.17) is 5.26 Å². The van der Waals surface area contributed by atoms with E-state index < -0.39 is 21.8 Å². The lowest BCUT2D eigenvalue weighted by Crippen LogP contribution is -2.36. The zero-order valence-electron chi connectivity index (χ0n) is 11.9. The first-order chi connectivity index (χ1) is 10.5. The summed E-state index contributed by atoms with van der Waals surface area (Å²) in [6.07, 6.45) is 5.22. The third-order valence-corrected chi connectivity index (χ3v) is 5.05. The van der Waals surface area contributed by atoms with Gasteiger partial charge in [0, 0.05) is 6.04 Å². The molecule has 1 heterocycles. The van der Waals surface area contributed by atoms with E-state index in [2.05, 4.69) is 5.32 Å². The molecule has 114 valence electrons. The molecule has 1 aliphatic rings. The van der Waals surface area contributed by atoms with E-state index in [1.54, 1.807) is 12.2 Å². The average Bonchev–Trinajstić information content (AvgIpc) is 2.83. The number of benzene rings is 1.